The first-order chi connectivity index (χ1) is 14.2. The molecule has 1 saturated heterocycles. The van der Waals surface area contributed by atoms with Crippen LogP contribution in [0.2, 0.25) is 0 Å². The number of anilines is 1. The summed E-state index contributed by atoms with van der Waals surface area (Å²) in [4.78, 5) is 4.70. The standard InChI is InChI=1S/C19H15FN4.C4H8S/c20-13-5-3-10(4-6-13)17-14-7-12-9-22-24-16(12)8-15(14)19(21)23-18(17)11-1-2-11;1-2-4-5-3-1/h3-9,11H,1-2H2,(H2,21,23)(H,22,24);1-4H2. The van der Waals surface area contributed by atoms with E-state index in [9.17, 15) is 4.39 Å². The number of pyridine rings is 1. The van der Waals surface area contributed by atoms with Gasteiger partial charge in [0.1, 0.15) is 11.6 Å². The Kier molecular flexibility index (Phi) is 4.87. The molecule has 0 bridgehead atoms. The Morgan fingerprint density at radius 3 is 2.45 bits per heavy atom. The third kappa shape index (κ3) is 3.69. The highest BCUT2D eigenvalue weighted by Crippen LogP contribution is 2.47. The van der Waals surface area contributed by atoms with E-state index in [1.807, 2.05) is 18.2 Å². The molecule has 2 fully saturated rings. The lowest BCUT2D eigenvalue weighted by Gasteiger charge is -2.14. The predicted molar refractivity (Wildman–Crippen MR) is 120 cm³/mol. The average Bonchev–Trinajstić information content (AvgIpc) is 3.18. The first kappa shape index (κ1) is 18.4. The number of rotatable bonds is 2. The van der Waals surface area contributed by atoms with Gasteiger partial charge in [-0.25, -0.2) is 9.37 Å². The van der Waals surface area contributed by atoms with Gasteiger partial charge in [0, 0.05) is 22.3 Å². The summed E-state index contributed by atoms with van der Waals surface area (Å²) in [5.74, 6) is 3.57. The topological polar surface area (TPSA) is 67.6 Å². The molecule has 1 aliphatic carbocycles. The van der Waals surface area contributed by atoms with Gasteiger partial charge in [0.15, 0.2) is 0 Å². The second kappa shape index (κ2) is 7.67. The highest BCUT2D eigenvalue weighted by atomic mass is 32.2. The third-order valence-electron chi connectivity index (χ3n) is 5.54. The lowest BCUT2D eigenvalue weighted by molar-refractivity contribution is 0.628. The van der Waals surface area contributed by atoms with Crippen molar-refractivity contribution < 1.29 is 4.39 Å². The largest absolute Gasteiger partial charge is 0.383 e. The van der Waals surface area contributed by atoms with E-state index in [2.05, 4.69) is 28.0 Å². The van der Waals surface area contributed by atoms with Gasteiger partial charge in [0.25, 0.3) is 0 Å². The molecule has 3 N–H and O–H groups in total. The number of nitrogens with zero attached hydrogens (tertiary/aromatic N) is 2. The summed E-state index contributed by atoms with van der Waals surface area (Å²) in [7, 11) is 0. The molecular weight excluding hydrogens is 383 g/mol. The highest BCUT2D eigenvalue weighted by molar-refractivity contribution is 7.99. The SMILES string of the molecule is C1CCSC1.Nc1nc(C2CC2)c(-c2ccc(F)cc2)c2cc3cn[nH]c3cc12. The summed E-state index contributed by atoms with van der Waals surface area (Å²) in [6.45, 7) is 0. The molecule has 0 atom stereocenters. The summed E-state index contributed by atoms with van der Waals surface area (Å²) >= 11 is 2.07. The van der Waals surface area contributed by atoms with Gasteiger partial charge in [-0.15, -0.1) is 0 Å². The molecule has 29 heavy (non-hydrogen) atoms. The Morgan fingerprint density at radius 1 is 1.03 bits per heavy atom. The van der Waals surface area contributed by atoms with Gasteiger partial charge in [-0.3, -0.25) is 5.10 Å². The lowest BCUT2D eigenvalue weighted by atomic mass is 9.94. The molecule has 1 aliphatic heterocycles. The van der Waals surface area contributed by atoms with E-state index >= 15 is 0 Å². The molecule has 2 aromatic carbocycles. The number of nitrogens with two attached hydrogens (primary N) is 1. The van der Waals surface area contributed by atoms with Crippen LogP contribution in [0.15, 0.2) is 42.6 Å². The first-order valence-electron chi connectivity index (χ1n) is 10.1. The number of halogens is 1. The summed E-state index contributed by atoms with van der Waals surface area (Å²) in [5.41, 5.74) is 10.2. The van der Waals surface area contributed by atoms with Gasteiger partial charge in [-0.1, -0.05) is 12.1 Å². The highest BCUT2D eigenvalue weighted by Gasteiger charge is 2.30. The zero-order valence-corrected chi connectivity index (χ0v) is 16.9. The number of H-pyrrole nitrogens is 1. The lowest BCUT2D eigenvalue weighted by Crippen LogP contribution is -2.00. The van der Waals surface area contributed by atoms with Crippen molar-refractivity contribution in [2.75, 3.05) is 17.2 Å². The average molecular weight is 407 g/mol. The van der Waals surface area contributed by atoms with Crippen LogP contribution in [0.1, 0.15) is 37.3 Å². The number of aromatic amines is 1. The number of nitrogens with one attached hydrogen (secondary N) is 1. The van der Waals surface area contributed by atoms with Crippen LogP contribution in [0.4, 0.5) is 10.2 Å². The zero-order valence-electron chi connectivity index (χ0n) is 16.1. The van der Waals surface area contributed by atoms with Gasteiger partial charge in [-0.05, 0) is 72.4 Å². The molecule has 0 spiro atoms. The van der Waals surface area contributed by atoms with Gasteiger partial charge < -0.3 is 5.73 Å². The molecular formula is C23H23FN4S. The molecule has 4 nitrogen and oxygen atoms in total. The van der Waals surface area contributed by atoms with E-state index < -0.39 is 0 Å². The van der Waals surface area contributed by atoms with Crippen molar-refractivity contribution in [1.82, 2.24) is 15.2 Å². The molecule has 6 heteroatoms. The van der Waals surface area contributed by atoms with Crippen molar-refractivity contribution in [2.45, 2.75) is 31.6 Å². The Bertz CT molecular complexity index is 1150. The maximum atomic E-state index is 13.4. The summed E-state index contributed by atoms with van der Waals surface area (Å²) < 4.78 is 13.4. The number of hydrogen-bond donors (Lipinski definition) is 2. The maximum absolute atomic E-state index is 13.4. The second-order valence-electron chi connectivity index (χ2n) is 7.71. The molecule has 148 valence electrons. The van der Waals surface area contributed by atoms with Crippen LogP contribution < -0.4 is 5.73 Å². The Balaban J connectivity index is 0.000000319. The Hall–Kier alpha value is -2.60. The fourth-order valence-corrected chi connectivity index (χ4v) is 4.90. The minimum absolute atomic E-state index is 0.239. The van der Waals surface area contributed by atoms with Crippen LogP contribution >= 0.6 is 11.8 Å². The van der Waals surface area contributed by atoms with Crippen LogP contribution in [0, 0.1) is 5.82 Å². The second-order valence-corrected chi connectivity index (χ2v) is 8.94. The number of nitrogen functional groups attached to an aromatic ring is 1. The van der Waals surface area contributed by atoms with Gasteiger partial charge >= 0.3 is 0 Å². The monoisotopic (exact) mass is 406 g/mol. The first-order valence-corrected chi connectivity index (χ1v) is 11.3. The molecule has 0 unspecified atom stereocenters. The minimum Gasteiger partial charge on any atom is -0.383 e. The number of aromatic nitrogens is 3. The molecule has 2 aromatic heterocycles. The quantitative estimate of drug-likeness (QED) is 0.435. The number of fused-ring (bicyclic) bond motifs is 2. The number of benzene rings is 2. The van der Waals surface area contributed by atoms with Crippen molar-refractivity contribution in [3.05, 3.63) is 54.1 Å². The number of hydrogen-bond acceptors (Lipinski definition) is 4. The van der Waals surface area contributed by atoms with Crippen molar-refractivity contribution in [1.29, 1.82) is 0 Å². The van der Waals surface area contributed by atoms with Crippen molar-refractivity contribution in [3.63, 3.8) is 0 Å². The van der Waals surface area contributed by atoms with Crippen LogP contribution in [0.25, 0.3) is 32.8 Å². The third-order valence-corrected chi connectivity index (χ3v) is 6.70. The van der Waals surface area contributed by atoms with E-state index in [0.717, 1.165) is 51.3 Å². The van der Waals surface area contributed by atoms with Crippen LogP contribution in [0.3, 0.4) is 0 Å². The van der Waals surface area contributed by atoms with Crippen molar-refractivity contribution >= 4 is 39.3 Å². The van der Waals surface area contributed by atoms with Crippen LogP contribution in [0.5, 0.6) is 0 Å². The number of thioether (sulfide) groups is 1. The molecule has 4 aromatic rings. The summed E-state index contributed by atoms with van der Waals surface area (Å²) in [6, 6.07) is 10.7. The molecule has 0 amide bonds. The van der Waals surface area contributed by atoms with E-state index in [1.165, 1.54) is 36.5 Å². The van der Waals surface area contributed by atoms with Crippen LogP contribution in [-0.2, 0) is 0 Å². The van der Waals surface area contributed by atoms with Gasteiger partial charge in [0.2, 0.25) is 0 Å². The predicted octanol–water partition coefficient (Wildman–Crippen LogP) is 5.89. The molecule has 6 rings (SSSR count). The van der Waals surface area contributed by atoms with E-state index in [4.69, 9.17) is 10.7 Å². The summed E-state index contributed by atoms with van der Waals surface area (Å²) in [6.07, 6.45) is 6.98. The maximum Gasteiger partial charge on any atom is 0.131 e. The molecule has 2 aliphatic rings. The molecule has 0 radical (unpaired) electrons. The van der Waals surface area contributed by atoms with Gasteiger partial charge in [-0.2, -0.15) is 16.9 Å². The van der Waals surface area contributed by atoms with E-state index in [1.54, 1.807) is 6.20 Å². The molecule has 1 saturated carbocycles. The van der Waals surface area contributed by atoms with E-state index in [0.29, 0.717) is 11.7 Å². The van der Waals surface area contributed by atoms with E-state index in [-0.39, 0.29) is 5.82 Å². The normalized spacial score (nSPS) is 16.2. The zero-order chi connectivity index (χ0) is 19.8. The van der Waals surface area contributed by atoms with Crippen molar-refractivity contribution in [3.8, 4) is 11.1 Å². The van der Waals surface area contributed by atoms with Crippen molar-refractivity contribution in [2.24, 2.45) is 0 Å². The summed E-state index contributed by atoms with van der Waals surface area (Å²) in [5, 5.41) is 10.0. The molecule has 3 heterocycles. The smallest absolute Gasteiger partial charge is 0.131 e. The fourth-order valence-electron chi connectivity index (χ4n) is 3.88. The Labute approximate surface area is 173 Å². The van der Waals surface area contributed by atoms with Gasteiger partial charge in [0.05, 0.1) is 17.4 Å². The van der Waals surface area contributed by atoms with Crippen LogP contribution in [-0.4, -0.2) is 26.7 Å². The Morgan fingerprint density at radius 2 is 1.79 bits per heavy atom. The minimum atomic E-state index is -0.239. The fraction of sp³-hybridized carbons (Fsp3) is 0.304.